The van der Waals surface area contributed by atoms with Crippen LogP contribution in [-0.4, -0.2) is 11.1 Å². The highest BCUT2D eigenvalue weighted by molar-refractivity contribution is 7.39. The summed E-state index contributed by atoms with van der Waals surface area (Å²) in [4.78, 5) is 19.3. The molecule has 2 aliphatic rings. The average molecular weight is 935 g/mol. The minimum atomic E-state index is -1.19. The standard InChI is InChI=1S/C60H58N2O2S3/c1-6-10-30-59(31-11-7-2)48-20-16-14-18-44(48)46-28-26-41(34-50(46)59)62(42-27-29-47-45-19-15-17-21-49(45)60(32-12-8-3,33-13-9-4)51(47)35-42)40-24-22-39(23-25-40)53-38-55-57(67-53)56-54(66-55)37-43(65-56)36-52(61-5)58(63)64/h14-29,34-38H,6-13,30-33H2,1-4H3,(H,63,64). The first kappa shape index (κ1) is 45.0. The SMILES string of the molecule is [C-]#[N+]C(=Cc1cc2sc3cc(-c4ccc(N(c5ccc6c(c5)C(CCCC)(CCCC)c5ccccc5-6)c5ccc6c(c5)C(CCCC)(CCCC)c5ccccc5-6)cc4)sc3c2s1)C(=O)O. The molecule has 0 bridgehead atoms. The Balaban J connectivity index is 1.11. The lowest BCUT2D eigenvalue weighted by molar-refractivity contribution is -0.132. The smallest absolute Gasteiger partial charge is 0.333 e. The summed E-state index contributed by atoms with van der Waals surface area (Å²) in [6, 6.07) is 46.8. The van der Waals surface area contributed by atoms with Crippen LogP contribution in [0.3, 0.4) is 0 Å². The van der Waals surface area contributed by atoms with Crippen LogP contribution in [0.15, 0.2) is 127 Å². The van der Waals surface area contributed by atoms with Gasteiger partial charge in [-0.05, 0) is 130 Å². The van der Waals surface area contributed by atoms with Gasteiger partial charge in [0.05, 0.1) is 16.0 Å². The summed E-state index contributed by atoms with van der Waals surface area (Å²) in [6.45, 7) is 16.6. The van der Waals surface area contributed by atoms with E-state index in [1.54, 1.807) is 34.0 Å². The van der Waals surface area contributed by atoms with Crippen LogP contribution >= 0.6 is 34.0 Å². The molecule has 0 fully saturated rings. The van der Waals surface area contributed by atoms with Gasteiger partial charge in [0.1, 0.15) is 0 Å². The Hall–Kier alpha value is -5.78. The summed E-state index contributed by atoms with van der Waals surface area (Å²) in [5.74, 6) is -1.19. The van der Waals surface area contributed by atoms with Crippen LogP contribution in [0.4, 0.5) is 17.1 Å². The molecule has 0 amide bonds. The van der Waals surface area contributed by atoms with Crippen molar-refractivity contribution < 1.29 is 9.90 Å². The molecule has 0 atom stereocenters. The Labute approximate surface area is 408 Å². The molecule has 0 spiro atoms. The van der Waals surface area contributed by atoms with E-state index in [-0.39, 0.29) is 16.5 Å². The molecule has 0 unspecified atom stereocenters. The van der Waals surface area contributed by atoms with Crippen molar-refractivity contribution in [3.8, 4) is 32.7 Å². The zero-order valence-corrected chi connectivity index (χ0v) is 41.5. The molecule has 3 aromatic heterocycles. The summed E-state index contributed by atoms with van der Waals surface area (Å²) in [5, 5.41) is 9.46. The van der Waals surface area contributed by atoms with Crippen molar-refractivity contribution in [3.05, 3.63) is 166 Å². The molecule has 5 aromatic carbocycles. The zero-order chi connectivity index (χ0) is 46.3. The van der Waals surface area contributed by atoms with Crippen molar-refractivity contribution in [2.24, 2.45) is 0 Å². The maximum atomic E-state index is 11.6. The van der Waals surface area contributed by atoms with E-state index in [9.17, 15) is 9.90 Å². The number of carboxylic acids is 1. The molecule has 2 aliphatic carbocycles. The summed E-state index contributed by atoms with van der Waals surface area (Å²) in [5.41, 5.74) is 15.9. The number of benzene rings is 5. The molecule has 1 N–H and O–H groups in total. The van der Waals surface area contributed by atoms with Crippen LogP contribution in [0.25, 0.3) is 62.4 Å². The maximum absolute atomic E-state index is 11.6. The Morgan fingerprint density at radius 2 is 1.03 bits per heavy atom. The van der Waals surface area contributed by atoms with Gasteiger partial charge in [0.2, 0.25) is 0 Å². The van der Waals surface area contributed by atoms with Crippen molar-refractivity contribution in [1.29, 1.82) is 0 Å². The summed E-state index contributed by atoms with van der Waals surface area (Å²) in [7, 11) is 0. The van der Waals surface area contributed by atoms with Crippen LogP contribution in [0.5, 0.6) is 0 Å². The highest BCUT2D eigenvalue weighted by atomic mass is 32.1. The van der Waals surface area contributed by atoms with E-state index in [4.69, 9.17) is 6.57 Å². The van der Waals surface area contributed by atoms with E-state index < -0.39 is 5.97 Å². The number of carboxylic acid groups (broad SMARTS) is 1. The Morgan fingerprint density at radius 3 is 1.52 bits per heavy atom. The molecule has 7 heteroatoms. The quantitative estimate of drug-likeness (QED) is 0.0689. The van der Waals surface area contributed by atoms with Crippen LogP contribution in [0, 0.1) is 6.57 Å². The molecule has 4 nitrogen and oxygen atoms in total. The minimum Gasteiger partial charge on any atom is -0.486 e. The second kappa shape index (κ2) is 18.7. The Morgan fingerprint density at radius 1 is 0.567 bits per heavy atom. The Kier molecular flexibility index (Phi) is 12.6. The van der Waals surface area contributed by atoms with Gasteiger partial charge >= 0.3 is 5.97 Å². The molecule has 338 valence electrons. The predicted octanol–water partition coefficient (Wildman–Crippen LogP) is 19.0. The fourth-order valence-electron chi connectivity index (χ4n) is 11.5. The maximum Gasteiger partial charge on any atom is 0.333 e. The van der Waals surface area contributed by atoms with Gasteiger partial charge in [-0.15, -0.1) is 34.0 Å². The lowest BCUT2D eigenvalue weighted by atomic mass is 9.70. The second-order valence-electron chi connectivity index (χ2n) is 18.7. The number of rotatable bonds is 18. The monoisotopic (exact) mass is 934 g/mol. The number of hydrogen-bond donors (Lipinski definition) is 1. The van der Waals surface area contributed by atoms with E-state index in [0.29, 0.717) is 0 Å². The van der Waals surface area contributed by atoms with Crippen molar-refractivity contribution in [2.45, 2.75) is 116 Å². The van der Waals surface area contributed by atoms with E-state index in [1.165, 1.54) is 133 Å². The van der Waals surface area contributed by atoms with Crippen molar-refractivity contribution >= 4 is 81.9 Å². The van der Waals surface area contributed by atoms with E-state index in [1.807, 2.05) is 6.07 Å². The first-order valence-corrected chi connectivity index (χ1v) is 26.9. The number of aliphatic carboxylic acids is 1. The topological polar surface area (TPSA) is 44.9 Å². The summed E-state index contributed by atoms with van der Waals surface area (Å²) >= 11 is 5.08. The van der Waals surface area contributed by atoms with Crippen molar-refractivity contribution in [2.75, 3.05) is 4.90 Å². The van der Waals surface area contributed by atoms with Gasteiger partial charge in [0.25, 0.3) is 5.70 Å². The minimum absolute atomic E-state index is 0.0227. The predicted molar refractivity (Wildman–Crippen MR) is 288 cm³/mol. The highest BCUT2D eigenvalue weighted by Gasteiger charge is 2.44. The molecule has 0 saturated heterocycles. The van der Waals surface area contributed by atoms with Gasteiger partial charge in [-0.2, -0.15) is 0 Å². The van der Waals surface area contributed by atoms with Crippen LogP contribution < -0.4 is 4.90 Å². The number of nitrogens with zero attached hydrogens (tertiary/aromatic N) is 2. The van der Waals surface area contributed by atoms with E-state index in [0.717, 1.165) is 45.6 Å². The van der Waals surface area contributed by atoms with Crippen LogP contribution in [0.1, 0.15) is 132 Å². The van der Waals surface area contributed by atoms with Gasteiger partial charge in [-0.25, -0.2) is 4.85 Å². The summed E-state index contributed by atoms with van der Waals surface area (Å²) in [6.07, 6.45) is 15.6. The molecule has 10 rings (SSSR count). The van der Waals surface area contributed by atoms with Gasteiger partial charge in [0, 0.05) is 47.0 Å². The average Bonchev–Trinajstić information content (AvgIpc) is 4.15. The molecule has 0 aliphatic heterocycles. The fraction of sp³-hybridized carbons (Fsp3) is 0.300. The summed E-state index contributed by atoms with van der Waals surface area (Å²) < 4.78 is 4.73. The van der Waals surface area contributed by atoms with Crippen molar-refractivity contribution in [1.82, 2.24) is 0 Å². The normalized spacial score (nSPS) is 14.2. The van der Waals surface area contributed by atoms with Gasteiger partial charge in [0.15, 0.2) is 0 Å². The third-order valence-electron chi connectivity index (χ3n) is 14.7. The number of fused-ring (bicyclic) bond motifs is 9. The second-order valence-corrected chi connectivity index (χ2v) is 21.9. The number of unbranched alkanes of at least 4 members (excludes halogenated alkanes) is 4. The number of carbonyl (C=O) groups is 1. The molecule has 8 aromatic rings. The first-order chi connectivity index (χ1) is 32.8. The van der Waals surface area contributed by atoms with Crippen molar-refractivity contribution in [3.63, 3.8) is 0 Å². The van der Waals surface area contributed by atoms with Gasteiger partial charge in [-0.3, -0.25) is 4.79 Å². The van der Waals surface area contributed by atoms with Crippen LogP contribution in [-0.2, 0) is 15.6 Å². The molecule has 0 saturated carbocycles. The number of hydrogen-bond acceptors (Lipinski definition) is 5. The van der Waals surface area contributed by atoms with Crippen LogP contribution in [0.2, 0.25) is 0 Å². The number of thiophene rings is 3. The number of anilines is 3. The fourth-order valence-corrected chi connectivity index (χ4v) is 15.4. The molecule has 3 heterocycles. The molecule has 67 heavy (non-hydrogen) atoms. The lowest BCUT2D eigenvalue weighted by Crippen LogP contribution is -2.26. The molecular formula is C60H58N2O2S3. The first-order valence-electron chi connectivity index (χ1n) is 24.4. The van der Waals surface area contributed by atoms with Gasteiger partial charge in [-0.1, -0.05) is 152 Å². The highest BCUT2D eigenvalue weighted by Crippen LogP contribution is 2.58. The van der Waals surface area contributed by atoms with Gasteiger partial charge < -0.3 is 10.0 Å². The van der Waals surface area contributed by atoms with E-state index >= 15 is 0 Å². The third-order valence-corrected chi connectivity index (χ3v) is 18.5. The largest absolute Gasteiger partial charge is 0.486 e. The van der Waals surface area contributed by atoms with E-state index in [2.05, 4.69) is 153 Å². The lowest BCUT2D eigenvalue weighted by Gasteiger charge is -2.35. The zero-order valence-electron chi connectivity index (χ0n) is 39.1. The third kappa shape index (κ3) is 7.76. The Bertz CT molecular complexity index is 3080. The molecular weight excluding hydrogens is 877 g/mol. The molecule has 0 radical (unpaired) electrons.